The third-order valence-electron chi connectivity index (χ3n) is 4.04. The number of likely N-dealkylation sites (N-methyl/N-ethyl adjacent to an activating group) is 1. The molecule has 1 N–H and O–H groups in total. The van der Waals surface area contributed by atoms with Gasteiger partial charge in [0, 0.05) is 38.8 Å². The number of aryl methyl sites for hydroxylation is 1. The molecule has 0 spiro atoms. The summed E-state index contributed by atoms with van der Waals surface area (Å²) in [6.07, 6.45) is 0. The van der Waals surface area contributed by atoms with Crippen LogP contribution in [0.2, 0.25) is 0 Å². The summed E-state index contributed by atoms with van der Waals surface area (Å²) in [5.74, 6) is 2.30. The molecule has 1 aliphatic heterocycles. The molecule has 1 aromatic heterocycles. The van der Waals surface area contributed by atoms with Crippen molar-refractivity contribution in [1.29, 1.82) is 0 Å². The first-order valence-electron chi connectivity index (χ1n) is 7.87. The predicted molar refractivity (Wildman–Crippen MR) is 90.2 cm³/mol. The molecule has 1 fully saturated rings. The van der Waals surface area contributed by atoms with Gasteiger partial charge in [0.1, 0.15) is 23.3 Å². The number of piperazine rings is 1. The maximum atomic E-state index is 12.9. The van der Waals surface area contributed by atoms with Gasteiger partial charge in [-0.25, -0.2) is 14.4 Å². The molecule has 2 aromatic rings. The summed E-state index contributed by atoms with van der Waals surface area (Å²) in [5, 5.41) is 3.30. The van der Waals surface area contributed by atoms with Crippen molar-refractivity contribution in [1.82, 2.24) is 14.9 Å². The van der Waals surface area contributed by atoms with Crippen LogP contribution in [0.5, 0.6) is 0 Å². The smallest absolute Gasteiger partial charge is 0.134 e. The van der Waals surface area contributed by atoms with Gasteiger partial charge in [-0.3, -0.25) is 0 Å². The molecule has 1 saturated heterocycles. The lowest BCUT2D eigenvalue weighted by Crippen LogP contribution is -2.44. The van der Waals surface area contributed by atoms with E-state index in [0.29, 0.717) is 6.54 Å². The summed E-state index contributed by atoms with van der Waals surface area (Å²) in [6, 6.07) is 8.48. The van der Waals surface area contributed by atoms with E-state index in [-0.39, 0.29) is 5.82 Å². The Morgan fingerprint density at radius 2 is 1.78 bits per heavy atom. The van der Waals surface area contributed by atoms with Crippen molar-refractivity contribution in [2.24, 2.45) is 0 Å². The fourth-order valence-electron chi connectivity index (χ4n) is 2.63. The van der Waals surface area contributed by atoms with E-state index in [4.69, 9.17) is 0 Å². The number of nitrogens with one attached hydrogen (secondary N) is 1. The molecule has 0 aliphatic carbocycles. The molecule has 0 atom stereocenters. The molecule has 23 heavy (non-hydrogen) atoms. The zero-order valence-electron chi connectivity index (χ0n) is 13.6. The van der Waals surface area contributed by atoms with Crippen molar-refractivity contribution in [3.8, 4) is 0 Å². The molecular formula is C17H22FN5. The molecule has 3 rings (SSSR count). The molecule has 0 unspecified atom stereocenters. The van der Waals surface area contributed by atoms with E-state index >= 15 is 0 Å². The van der Waals surface area contributed by atoms with Crippen LogP contribution in [0.4, 0.5) is 16.0 Å². The van der Waals surface area contributed by atoms with E-state index in [1.807, 2.05) is 13.0 Å². The lowest BCUT2D eigenvalue weighted by Gasteiger charge is -2.33. The van der Waals surface area contributed by atoms with Crippen LogP contribution >= 0.6 is 0 Å². The van der Waals surface area contributed by atoms with Gasteiger partial charge in [-0.2, -0.15) is 0 Å². The quantitative estimate of drug-likeness (QED) is 0.938. The fraction of sp³-hybridized carbons (Fsp3) is 0.412. The number of nitrogens with zero attached hydrogens (tertiary/aromatic N) is 4. The van der Waals surface area contributed by atoms with Crippen LogP contribution in [0, 0.1) is 12.7 Å². The van der Waals surface area contributed by atoms with Crippen molar-refractivity contribution >= 4 is 11.6 Å². The highest BCUT2D eigenvalue weighted by Crippen LogP contribution is 2.18. The van der Waals surface area contributed by atoms with Crippen molar-refractivity contribution in [2.75, 3.05) is 43.4 Å². The van der Waals surface area contributed by atoms with Gasteiger partial charge in [0.2, 0.25) is 0 Å². The van der Waals surface area contributed by atoms with Gasteiger partial charge in [-0.1, -0.05) is 12.1 Å². The molecule has 6 heteroatoms. The normalized spacial score (nSPS) is 15.7. The van der Waals surface area contributed by atoms with E-state index < -0.39 is 0 Å². The highest BCUT2D eigenvalue weighted by Gasteiger charge is 2.16. The Balaban J connectivity index is 1.68. The fourth-order valence-corrected chi connectivity index (χ4v) is 2.63. The van der Waals surface area contributed by atoms with Crippen molar-refractivity contribution in [3.63, 3.8) is 0 Å². The molecule has 2 heterocycles. The number of halogens is 1. The van der Waals surface area contributed by atoms with Crippen LogP contribution in [0.3, 0.4) is 0 Å². The van der Waals surface area contributed by atoms with Gasteiger partial charge in [0.25, 0.3) is 0 Å². The summed E-state index contributed by atoms with van der Waals surface area (Å²) < 4.78 is 12.9. The largest absolute Gasteiger partial charge is 0.366 e. The van der Waals surface area contributed by atoms with E-state index in [1.165, 1.54) is 12.1 Å². The van der Waals surface area contributed by atoms with Crippen molar-refractivity contribution in [2.45, 2.75) is 13.5 Å². The van der Waals surface area contributed by atoms with Crippen LogP contribution in [0.15, 0.2) is 30.3 Å². The summed E-state index contributed by atoms with van der Waals surface area (Å²) >= 11 is 0. The highest BCUT2D eigenvalue weighted by atomic mass is 19.1. The summed E-state index contributed by atoms with van der Waals surface area (Å²) in [6.45, 7) is 6.55. The summed E-state index contributed by atoms with van der Waals surface area (Å²) in [4.78, 5) is 13.6. The van der Waals surface area contributed by atoms with Crippen LogP contribution in [0.1, 0.15) is 11.4 Å². The van der Waals surface area contributed by atoms with E-state index in [0.717, 1.165) is 49.2 Å². The zero-order chi connectivity index (χ0) is 16.2. The number of benzene rings is 1. The molecule has 1 aromatic carbocycles. The molecule has 122 valence electrons. The van der Waals surface area contributed by atoms with Gasteiger partial charge in [-0.15, -0.1) is 0 Å². The minimum atomic E-state index is -0.219. The number of rotatable bonds is 4. The van der Waals surface area contributed by atoms with Crippen molar-refractivity contribution in [3.05, 3.63) is 47.5 Å². The van der Waals surface area contributed by atoms with E-state index in [1.54, 1.807) is 12.1 Å². The molecule has 5 nitrogen and oxygen atoms in total. The number of anilines is 2. The average molecular weight is 315 g/mol. The van der Waals surface area contributed by atoms with Gasteiger partial charge in [0.05, 0.1) is 0 Å². The number of hydrogen-bond donors (Lipinski definition) is 1. The first-order chi connectivity index (χ1) is 11.1. The number of aromatic nitrogens is 2. The predicted octanol–water partition coefficient (Wildman–Crippen LogP) is 2.29. The second-order valence-electron chi connectivity index (χ2n) is 5.93. The monoisotopic (exact) mass is 315 g/mol. The first-order valence-corrected chi connectivity index (χ1v) is 7.87. The second-order valence-corrected chi connectivity index (χ2v) is 5.93. The van der Waals surface area contributed by atoms with E-state index in [2.05, 4.69) is 32.1 Å². The van der Waals surface area contributed by atoms with Crippen LogP contribution in [-0.2, 0) is 6.54 Å². The summed E-state index contributed by atoms with van der Waals surface area (Å²) in [5.41, 5.74) is 1.02. The Labute approximate surface area is 136 Å². The minimum Gasteiger partial charge on any atom is -0.366 e. The lowest BCUT2D eigenvalue weighted by molar-refractivity contribution is 0.312. The Morgan fingerprint density at radius 1 is 1.09 bits per heavy atom. The molecule has 1 aliphatic rings. The van der Waals surface area contributed by atoms with Gasteiger partial charge in [-0.05, 0) is 31.7 Å². The van der Waals surface area contributed by atoms with Crippen LogP contribution in [0.25, 0.3) is 0 Å². The Hall–Kier alpha value is -2.21. The van der Waals surface area contributed by atoms with Crippen molar-refractivity contribution < 1.29 is 4.39 Å². The van der Waals surface area contributed by atoms with Gasteiger partial charge < -0.3 is 15.1 Å². The highest BCUT2D eigenvalue weighted by molar-refractivity contribution is 5.50. The lowest BCUT2D eigenvalue weighted by atomic mass is 10.2. The maximum absolute atomic E-state index is 12.9. The molecule has 0 saturated carbocycles. The average Bonchev–Trinajstić information content (AvgIpc) is 2.54. The Morgan fingerprint density at radius 3 is 2.48 bits per heavy atom. The SMILES string of the molecule is Cc1nc(NCc2ccc(F)cc2)cc(N2CCN(C)CC2)n1. The molecular weight excluding hydrogens is 293 g/mol. The molecule has 0 radical (unpaired) electrons. The molecule has 0 amide bonds. The third-order valence-corrected chi connectivity index (χ3v) is 4.04. The Kier molecular flexibility index (Phi) is 4.71. The minimum absolute atomic E-state index is 0.219. The maximum Gasteiger partial charge on any atom is 0.134 e. The van der Waals surface area contributed by atoms with Crippen LogP contribution < -0.4 is 10.2 Å². The molecule has 0 bridgehead atoms. The number of hydrogen-bond acceptors (Lipinski definition) is 5. The standard InChI is InChI=1S/C17H22FN5/c1-13-20-16(19-12-14-3-5-15(18)6-4-14)11-17(21-13)23-9-7-22(2)8-10-23/h3-6,11H,7-10,12H2,1-2H3,(H,19,20,21). The summed E-state index contributed by atoms with van der Waals surface area (Å²) in [7, 11) is 2.14. The topological polar surface area (TPSA) is 44.3 Å². The Bertz CT molecular complexity index is 651. The first kappa shape index (κ1) is 15.7. The van der Waals surface area contributed by atoms with Crippen LogP contribution in [-0.4, -0.2) is 48.1 Å². The van der Waals surface area contributed by atoms with E-state index in [9.17, 15) is 4.39 Å². The van der Waals surface area contributed by atoms with Gasteiger partial charge >= 0.3 is 0 Å². The van der Waals surface area contributed by atoms with Gasteiger partial charge in [0.15, 0.2) is 0 Å². The third kappa shape index (κ3) is 4.16. The zero-order valence-corrected chi connectivity index (χ0v) is 13.6. The second kappa shape index (κ2) is 6.91.